The van der Waals surface area contributed by atoms with Crippen LogP contribution in [0.3, 0.4) is 0 Å². The molecule has 0 bridgehead atoms. The van der Waals surface area contributed by atoms with Crippen molar-refractivity contribution in [3.05, 3.63) is 0 Å². The zero-order valence-electron chi connectivity index (χ0n) is 13.0. The van der Waals surface area contributed by atoms with E-state index in [1.165, 1.54) is 45.9 Å². The van der Waals surface area contributed by atoms with Crippen molar-refractivity contribution in [1.82, 2.24) is 10.6 Å². The summed E-state index contributed by atoms with van der Waals surface area (Å²) in [5, 5.41) is 7.69. The second-order valence-corrected chi connectivity index (χ2v) is 7.67. The fraction of sp³-hybridized carbons (Fsp3) is 0.941. The highest BCUT2D eigenvalue weighted by Gasteiger charge is 2.51. The molecule has 0 aromatic carbocycles. The third kappa shape index (κ3) is 2.31. The van der Waals surface area contributed by atoms with Crippen molar-refractivity contribution in [2.24, 2.45) is 29.6 Å². The van der Waals surface area contributed by atoms with Crippen LogP contribution in [0.25, 0.3) is 0 Å². The summed E-state index contributed by atoms with van der Waals surface area (Å²) in [6.07, 6.45) is 7.46. The lowest BCUT2D eigenvalue weighted by Crippen LogP contribution is -2.64. The van der Waals surface area contributed by atoms with Crippen LogP contribution in [0.1, 0.15) is 38.5 Å². The van der Waals surface area contributed by atoms with Crippen LogP contribution in [-0.4, -0.2) is 38.3 Å². The van der Waals surface area contributed by atoms with Gasteiger partial charge in [-0.1, -0.05) is 0 Å². The number of fused-ring (bicyclic) bond motifs is 5. The van der Waals surface area contributed by atoms with Crippen LogP contribution >= 0.6 is 0 Å². The molecule has 0 amide bonds. The second-order valence-electron chi connectivity index (χ2n) is 7.67. The molecule has 4 rings (SSSR count). The minimum Gasteiger partial charge on any atom is -0.469 e. The summed E-state index contributed by atoms with van der Waals surface area (Å²) in [7, 11) is 1.53. The van der Waals surface area contributed by atoms with E-state index < -0.39 is 0 Å². The van der Waals surface area contributed by atoms with Crippen molar-refractivity contribution >= 4 is 5.97 Å². The van der Waals surface area contributed by atoms with Crippen LogP contribution in [0.5, 0.6) is 0 Å². The zero-order valence-corrected chi connectivity index (χ0v) is 13.0. The van der Waals surface area contributed by atoms with Crippen LogP contribution in [0.2, 0.25) is 0 Å². The molecular formula is C17H28N2O2. The summed E-state index contributed by atoms with van der Waals surface area (Å²) >= 11 is 0. The summed E-state index contributed by atoms with van der Waals surface area (Å²) in [6.45, 7) is 2.37. The maximum atomic E-state index is 11.9. The molecule has 2 N–H and O–H groups in total. The Morgan fingerprint density at radius 3 is 2.76 bits per heavy atom. The summed E-state index contributed by atoms with van der Waals surface area (Å²) in [5.41, 5.74) is 0. The van der Waals surface area contributed by atoms with Gasteiger partial charge in [0.1, 0.15) is 0 Å². The smallest absolute Gasteiger partial charge is 0.308 e. The van der Waals surface area contributed by atoms with Gasteiger partial charge in [-0.25, -0.2) is 0 Å². The van der Waals surface area contributed by atoms with E-state index in [0.717, 1.165) is 36.6 Å². The molecule has 2 aliphatic carbocycles. The fourth-order valence-electron chi connectivity index (χ4n) is 5.89. The number of methoxy groups -OCH3 is 1. The van der Waals surface area contributed by atoms with Crippen molar-refractivity contribution in [2.75, 3.05) is 20.2 Å². The molecular weight excluding hydrogens is 264 g/mol. The Morgan fingerprint density at radius 1 is 1.00 bits per heavy atom. The van der Waals surface area contributed by atoms with E-state index in [9.17, 15) is 4.79 Å². The molecule has 0 spiro atoms. The van der Waals surface area contributed by atoms with Crippen molar-refractivity contribution in [3.63, 3.8) is 0 Å². The first-order valence-corrected chi connectivity index (χ1v) is 8.82. The molecule has 118 valence electrons. The Hall–Kier alpha value is -0.610. The predicted octanol–water partition coefficient (Wildman–Crippen LogP) is 1.55. The Bertz CT molecular complexity index is 414. The number of carbonyl (C=O) groups is 1. The van der Waals surface area contributed by atoms with E-state index in [-0.39, 0.29) is 11.9 Å². The Kier molecular flexibility index (Phi) is 3.70. The van der Waals surface area contributed by atoms with Gasteiger partial charge in [-0.15, -0.1) is 0 Å². The van der Waals surface area contributed by atoms with Gasteiger partial charge >= 0.3 is 5.97 Å². The number of piperidine rings is 2. The quantitative estimate of drug-likeness (QED) is 0.720. The van der Waals surface area contributed by atoms with E-state index in [2.05, 4.69) is 10.6 Å². The highest BCUT2D eigenvalue weighted by Crippen LogP contribution is 2.50. The highest BCUT2D eigenvalue weighted by molar-refractivity contribution is 5.72. The molecule has 7 unspecified atom stereocenters. The average molecular weight is 292 g/mol. The number of carbonyl (C=O) groups excluding carboxylic acids is 1. The van der Waals surface area contributed by atoms with E-state index in [4.69, 9.17) is 4.74 Å². The SMILES string of the molecule is COC(=O)C1CC2CCC3C4NCCCC4CNC3C2C1. The first-order valence-electron chi connectivity index (χ1n) is 8.82. The molecule has 4 fully saturated rings. The van der Waals surface area contributed by atoms with Gasteiger partial charge in [0.05, 0.1) is 13.0 Å². The minimum absolute atomic E-state index is 0.0189. The summed E-state index contributed by atoms with van der Waals surface area (Å²) < 4.78 is 4.99. The van der Waals surface area contributed by atoms with Gasteiger partial charge in [0, 0.05) is 12.1 Å². The normalized spacial score (nSPS) is 48.9. The largest absolute Gasteiger partial charge is 0.469 e. The van der Waals surface area contributed by atoms with Crippen molar-refractivity contribution in [3.8, 4) is 0 Å². The molecule has 4 heteroatoms. The van der Waals surface area contributed by atoms with Gasteiger partial charge in [0.15, 0.2) is 0 Å². The van der Waals surface area contributed by atoms with Crippen molar-refractivity contribution < 1.29 is 9.53 Å². The molecule has 2 heterocycles. The number of hydrogen-bond donors (Lipinski definition) is 2. The number of ether oxygens (including phenoxy) is 1. The molecule has 4 aliphatic rings. The summed E-state index contributed by atoms with van der Waals surface area (Å²) in [6, 6.07) is 1.35. The molecule has 4 nitrogen and oxygen atoms in total. The van der Waals surface area contributed by atoms with Crippen LogP contribution in [0, 0.1) is 29.6 Å². The van der Waals surface area contributed by atoms with Gasteiger partial charge in [0.2, 0.25) is 0 Å². The van der Waals surface area contributed by atoms with Crippen LogP contribution in [-0.2, 0) is 9.53 Å². The van der Waals surface area contributed by atoms with Crippen LogP contribution < -0.4 is 10.6 Å². The maximum Gasteiger partial charge on any atom is 0.308 e. The van der Waals surface area contributed by atoms with Crippen molar-refractivity contribution in [2.45, 2.75) is 50.6 Å². The number of hydrogen-bond acceptors (Lipinski definition) is 4. The molecule has 2 aliphatic heterocycles. The van der Waals surface area contributed by atoms with Crippen molar-refractivity contribution in [1.29, 1.82) is 0 Å². The van der Waals surface area contributed by atoms with E-state index >= 15 is 0 Å². The third-order valence-corrected chi connectivity index (χ3v) is 6.79. The van der Waals surface area contributed by atoms with E-state index in [1.807, 2.05) is 0 Å². The number of esters is 1. The average Bonchev–Trinajstić information content (AvgIpc) is 2.98. The Morgan fingerprint density at radius 2 is 1.90 bits per heavy atom. The lowest BCUT2D eigenvalue weighted by Gasteiger charge is -2.52. The molecule has 2 saturated carbocycles. The van der Waals surface area contributed by atoms with Gasteiger partial charge in [-0.3, -0.25) is 4.79 Å². The molecule has 7 atom stereocenters. The van der Waals surface area contributed by atoms with Crippen LogP contribution in [0.15, 0.2) is 0 Å². The minimum atomic E-state index is 0.0189. The predicted molar refractivity (Wildman–Crippen MR) is 80.7 cm³/mol. The molecule has 2 saturated heterocycles. The third-order valence-electron chi connectivity index (χ3n) is 6.79. The first kappa shape index (κ1) is 14.0. The first-order chi connectivity index (χ1) is 10.3. The van der Waals surface area contributed by atoms with Gasteiger partial charge in [-0.2, -0.15) is 0 Å². The fourth-order valence-corrected chi connectivity index (χ4v) is 5.89. The lowest BCUT2D eigenvalue weighted by atomic mass is 9.64. The number of nitrogens with one attached hydrogen (secondary N) is 2. The topological polar surface area (TPSA) is 50.4 Å². The molecule has 0 aromatic heterocycles. The Labute approximate surface area is 127 Å². The summed E-state index contributed by atoms with van der Waals surface area (Å²) in [4.78, 5) is 11.9. The second kappa shape index (κ2) is 5.54. The molecule has 0 aromatic rings. The molecule has 0 radical (unpaired) electrons. The Balaban J connectivity index is 1.50. The van der Waals surface area contributed by atoms with Gasteiger partial charge in [-0.05, 0) is 75.3 Å². The lowest BCUT2D eigenvalue weighted by molar-refractivity contribution is -0.145. The van der Waals surface area contributed by atoms with Gasteiger partial charge < -0.3 is 15.4 Å². The monoisotopic (exact) mass is 292 g/mol. The van der Waals surface area contributed by atoms with E-state index in [0.29, 0.717) is 12.0 Å². The van der Waals surface area contributed by atoms with Crippen LogP contribution in [0.4, 0.5) is 0 Å². The summed E-state index contributed by atoms with van der Waals surface area (Å²) in [5.74, 6) is 3.21. The standard InChI is InChI=1S/C17H28N2O2/c1-21-17(20)12-7-10-4-5-13-15-11(3-2-6-18-15)9-19-16(13)14(10)8-12/h10-16,18-19H,2-9H2,1H3. The number of rotatable bonds is 1. The highest BCUT2D eigenvalue weighted by atomic mass is 16.5. The zero-order chi connectivity index (χ0) is 14.4. The van der Waals surface area contributed by atoms with Gasteiger partial charge in [0.25, 0.3) is 0 Å². The van der Waals surface area contributed by atoms with E-state index in [1.54, 1.807) is 0 Å². The maximum absolute atomic E-state index is 11.9. The molecule has 21 heavy (non-hydrogen) atoms.